The number of benzene rings is 1. The van der Waals surface area contributed by atoms with Crippen molar-refractivity contribution < 1.29 is 22.4 Å². The number of aromatic nitrogens is 2. The Hall–Kier alpha value is -4.18. The molecule has 12 nitrogen and oxygen atoms in total. The molecule has 2 saturated heterocycles. The number of likely N-dealkylation sites (tertiary alicyclic amines) is 2. The summed E-state index contributed by atoms with van der Waals surface area (Å²) in [5, 5.41) is 11.9. The molecule has 3 aromatic rings. The van der Waals surface area contributed by atoms with Crippen LogP contribution in [0.15, 0.2) is 51.2 Å². The van der Waals surface area contributed by atoms with Crippen molar-refractivity contribution in [3.8, 4) is 6.07 Å². The molecule has 2 aromatic heterocycles. The maximum absolute atomic E-state index is 13.7. The average molecular weight is 580 g/mol. The second-order valence-electron chi connectivity index (χ2n) is 10.5. The summed E-state index contributed by atoms with van der Waals surface area (Å²) in [5.41, 5.74) is 1.13. The number of carbonyl (C=O) groups is 2. The van der Waals surface area contributed by atoms with E-state index in [1.54, 1.807) is 23.1 Å². The Morgan fingerprint density at radius 1 is 1.22 bits per heavy atom. The lowest BCUT2D eigenvalue weighted by Gasteiger charge is -2.25. The number of hydrogen-bond donors (Lipinski definition) is 1. The zero-order valence-corrected chi connectivity index (χ0v) is 23.9. The molecule has 41 heavy (non-hydrogen) atoms. The largest absolute Gasteiger partial charge is 0.461 e. The number of amides is 2. The fraction of sp³-hybridized carbons (Fsp3) is 0.464. The van der Waals surface area contributed by atoms with Crippen molar-refractivity contribution in [2.45, 2.75) is 55.5 Å². The van der Waals surface area contributed by atoms with Gasteiger partial charge >= 0.3 is 0 Å². The van der Waals surface area contributed by atoms with Crippen LogP contribution >= 0.6 is 0 Å². The van der Waals surface area contributed by atoms with E-state index in [2.05, 4.69) is 15.3 Å². The number of nitrogens with zero attached hydrogens (tertiary/aromatic N) is 6. The van der Waals surface area contributed by atoms with E-state index in [4.69, 9.17) is 4.42 Å². The van der Waals surface area contributed by atoms with Gasteiger partial charge in [-0.3, -0.25) is 14.6 Å². The normalized spacial score (nSPS) is 19.3. The van der Waals surface area contributed by atoms with Crippen LogP contribution in [0, 0.1) is 18.3 Å². The number of sulfone groups is 1. The van der Waals surface area contributed by atoms with E-state index in [1.807, 2.05) is 19.1 Å². The average Bonchev–Trinajstić information content (AvgIpc) is 3.68. The van der Waals surface area contributed by atoms with Crippen LogP contribution < -0.4 is 5.32 Å². The number of rotatable bonds is 7. The third kappa shape index (κ3) is 5.97. The summed E-state index contributed by atoms with van der Waals surface area (Å²) in [7, 11) is -2.80. The number of fused-ring (bicyclic) bond motifs is 1. The standard InChI is InChI=1S/C28H33N7O5S/c1-19-15-20-16-21(8-9-23(20)40-19)31-26(24(17-29)41(38,39)28-30-10-14-33(28)2)32-22-7-3-4-13-35(27(22)37)18-25(36)34-11-5-6-12-34/h8-10,14-16,22,24H,3-7,11-13,18H2,1-2H3,(H,31,32)/t22-,24?/m0/s1. The third-order valence-corrected chi connectivity index (χ3v) is 9.30. The molecule has 0 radical (unpaired) electrons. The number of amidine groups is 1. The van der Waals surface area contributed by atoms with Crippen molar-refractivity contribution in [3.63, 3.8) is 0 Å². The Balaban J connectivity index is 1.51. The molecule has 1 N–H and O–H groups in total. The zero-order valence-electron chi connectivity index (χ0n) is 23.1. The molecule has 2 aliphatic heterocycles. The number of carbonyl (C=O) groups excluding carboxylic acids is 2. The Labute approximate surface area is 238 Å². The molecule has 0 spiro atoms. The minimum atomic E-state index is -4.32. The van der Waals surface area contributed by atoms with Crippen LogP contribution in [0.3, 0.4) is 0 Å². The van der Waals surface area contributed by atoms with Gasteiger partial charge in [0.05, 0.1) is 12.6 Å². The van der Waals surface area contributed by atoms with Crippen LogP contribution in [0.4, 0.5) is 5.69 Å². The quantitative estimate of drug-likeness (QED) is 0.331. The molecule has 216 valence electrons. The molecule has 4 heterocycles. The highest BCUT2D eigenvalue weighted by Gasteiger charge is 2.38. The molecule has 1 unspecified atom stereocenters. The van der Waals surface area contributed by atoms with Gasteiger partial charge in [-0.25, -0.2) is 13.4 Å². The maximum Gasteiger partial charge on any atom is 0.247 e. The van der Waals surface area contributed by atoms with Gasteiger partial charge in [-0.15, -0.1) is 0 Å². The smallest absolute Gasteiger partial charge is 0.247 e. The summed E-state index contributed by atoms with van der Waals surface area (Å²) in [6.45, 7) is 3.56. The first-order valence-electron chi connectivity index (χ1n) is 13.7. The summed E-state index contributed by atoms with van der Waals surface area (Å²) in [6.07, 6.45) is 6.43. The van der Waals surface area contributed by atoms with Crippen molar-refractivity contribution in [2.75, 3.05) is 31.5 Å². The molecule has 0 bridgehead atoms. The van der Waals surface area contributed by atoms with Crippen LogP contribution in [-0.2, 0) is 26.5 Å². The Morgan fingerprint density at radius 3 is 2.68 bits per heavy atom. The number of anilines is 1. The van der Waals surface area contributed by atoms with Gasteiger partial charge in [-0.05, 0) is 63.3 Å². The van der Waals surface area contributed by atoms with E-state index in [0.29, 0.717) is 55.9 Å². The number of hydrogen-bond acceptors (Lipinski definition) is 8. The Bertz CT molecular complexity index is 1630. The van der Waals surface area contributed by atoms with Gasteiger partial charge in [-0.1, -0.05) is 0 Å². The van der Waals surface area contributed by atoms with Gasteiger partial charge in [0.25, 0.3) is 0 Å². The monoisotopic (exact) mass is 579 g/mol. The fourth-order valence-corrected chi connectivity index (χ4v) is 6.77. The third-order valence-electron chi connectivity index (χ3n) is 7.45. The highest BCUT2D eigenvalue weighted by atomic mass is 32.2. The number of aryl methyl sites for hydroxylation is 2. The fourth-order valence-electron chi connectivity index (χ4n) is 5.34. The first-order valence-corrected chi connectivity index (χ1v) is 15.2. The molecule has 0 aliphatic carbocycles. The van der Waals surface area contributed by atoms with E-state index in [-0.39, 0.29) is 29.4 Å². The number of aliphatic imine (C=N–C) groups is 1. The Kier molecular flexibility index (Phi) is 8.12. The van der Waals surface area contributed by atoms with Gasteiger partial charge in [0, 0.05) is 50.1 Å². The van der Waals surface area contributed by atoms with Gasteiger partial charge in [0.2, 0.25) is 32.1 Å². The van der Waals surface area contributed by atoms with Gasteiger partial charge in [0.15, 0.2) is 0 Å². The van der Waals surface area contributed by atoms with E-state index >= 15 is 0 Å². The zero-order chi connectivity index (χ0) is 29.1. The highest BCUT2D eigenvalue weighted by molar-refractivity contribution is 7.93. The molecule has 2 atom stereocenters. The predicted molar refractivity (Wildman–Crippen MR) is 152 cm³/mol. The molecular formula is C28H33N7O5S. The van der Waals surface area contributed by atoms with Crippen molar-refractivity contribution in [1.29, 1.82) is 5.26 Å². The van der Waals surface area contributed by atoms with Crippen molar-refractivity contribution in [1.82, 2.24) is 19.4 Å². The van der Waals surface area contributed by atoms with Gasteiger partial charge in [0.1, 0.15) is 23.2 Å². The van der Waals surface area contributed by atoms with Gasteiger partial charge in [-0.2, -0.15) is 5.26 Å². The number of imidazole rings is 1. The van der Waals surface area contributed by atoms with E-state index < -0.39 is 21.1 Å². The van der Waals surface area contributed by atoms with Gasteiger partial charge < -0.3 is 24.1 Å². The first-order chi connectivity index (χ1) is 19.7. The Morgan fingerprint density at radius 2 is 1.98 bits per heavy atom. The van der Waals surface area contributed by atoms with Crippen LogP contribution in [0.5, 0.6) is 0 Å². The molecule has 2 amide bonds. The van der Waals surface area contributed by atoms with Crippen LogP contribution in [0.25, 0.3) is 11.0 Å². The second kappa shape index (κ2) is 11.7. The minimum Gasteiger partial charge on any atom is -0.461 e. The molecule has 0 saturated carbocycles. The maximum atomic E-state index is 13.7. The summed E-state index contributed by atoms with van der Waals surface area (Å²) in [5.74, 6) is 0.0724. The lowest BCUT2D eigenvalue weighted by molar-refractivity contribution is -0.140. The second-order valence-corrected chi connectivity index (χ2v) is 12.4. The summed E-state index contributed by atoms with van der Waals surface area (Å²) < 4.78 is 34.3. The predicted octanol–water partition coefficient (Wildman–Crippen LogP) is 2.65. The van der Waals surface area contributed by atoms with Crippen molar-refractivity contribution >= 4 is 44.1 Å². The minimum absolute atomic E-state index is 0.0443. The topological polar surface area (TPSA) is 154 Å². The van der Waals surface area contributed by atoms with Crippen LogP contribution in [-0.4, -0.2) is 82.9 Å². The summed E-state index contributed by atoms with van der Waals surface area (Å²) >= 11 is 0. The molecule has 2 aliphatic rings. The lowest BCUT2D eigenvalue weighted by Crippen LogP contribution is -2.45. The van der Waals surface area contributed by atoms with Crippen LogP contribution in [0.1, 0.15) is 37.9 Å². The van der Waals surface area contributed by atoms with Crippen molar-refractivity contribution in [2.24, 2.45) is 12.0 Å². The molecule has 5 rings (SSSR count). The number of nitrogens with one attached hydrogen (secondary N) is 1. The van der Waals surface area contributed by atoms with Crippen molar-refractivity contribution in [3.05, 3.63) is 42.4 Å². The molecule has 13 heteroatoms. The van der Waals surface area contributed by atoms with E-state index in [9.17, 15) is 23.3 Å². The van der Waals surface area contributed by atoms with E-state index in [1.165, 1.54) is 28.9 Å². The number of nitriles is 1. The first kappa shape index (κ1) is 28.4. The summed E-state index contributed by atoms with van der Waals surface area (Å²) in [6, 6.07) is 7.95. The van der Waals surface area contributed by atoms with Crippen LogP contribution in [0.2, 0.25) is 0 Å². The molecule has 2 fully saturated rings. The highest BCUT2D eigenvalue weighted by Crippen LogP contribution is 2.25. The lowest BCUT2D eigenvalue weighted by atomic mass is 10.1. The molecular weight excluding hydrogens is 546 g/mol. The van der Waals surface area contributed by atoms with E-state index in [0.717, 1.165) is 18.2 Å². The molecule has 1 aromatic carbocycles. The SMILES string of the molecule is Cc1cc2cc(NC(=N[C@H]3CCCCN(CC(=O)N4CCCC4)C3=O)C(C#N)S(=O)(=O)c3nccn3C)ccc2o1. The summed E-state index contributed by atoms with van der Waals surface area (Å²) in [4.78, 5) is 38.4. The number of furan rings is 1.